The maximum Gasteiger partial charge on any atom is 0.163 e. The Bertz CT molecular complexity index is 1080. The van der Waals surface area contributed by atoms with E-state index in [0.717, 1.165) is 16.5 Å². The highest BCUT2D eigenvalue weighted by molar-refractivity contribution is 5.91. The molecule has 5 nitrogen and oxygen atoms in total. The first-order valence-corrected chi connectivity index (χ1v) is 8.02. The van der Waals surface area contributed by atoms with Gasteiger partial charge in [-0.1, -0.05) is 30.3 Å². The van der Waals surface area contributed by atoms with Crippen LogP contribution in [0.25, 0.3) is 22.3 Å². The zero-order valence-corrected chi connectivity index (χ0v) is 13.7. The summed E-state index contributed by atoms with van der Waals surface area (Å²) in [6.07, 6.45) is 4.83. The summed E-state index contributed by atoms with van der Waals surface area (Å²) < 4.78 is 13.7. The third-order valence-electron chi connectivity index (χ3n) is 3.80. The van der Waals surface area contributed by atoms with E-state index in [2.05, 4.69) is 25.5 Å². The Morgan fingerprint density at radius 1 is 0.923 bits per heavy atom. The molecule has 0 aliphatic heterocycles. The lowest BCUT2D eigenvalue weighted by Gasteiger charge is -2.08. The smallest absolute Gasteiger partial charge is 0.163 e. The van der Waals surface area contributed by atoms with E-state index in [1.54, 1.807) is 30.6 Å². The summed E-state index contributed by atoms with van der Waals surface area (Å²) in [5.74, 6) is 0.754. The van der Waals surface area contributed by atoms with Gasteiger partial charge in [0.15, 0.2) is 11.6 Å². The summed E-state index contributed by atoms with van der Waals surface area (Å²) in [6.45, 7) is 0. The van der Waals surface area contributed by atoms with Gasteiger partial charge in [-0.15, -0.1) is 0 Å². The molecule has 6 heteroatoms. The average Bonchev–Trinajstić information content (AvgIpc) is 2.70. The van der Waals surface area contributed by atoms with Gasteiger partial charge in [0.25, 0.3) is 0 Å². The fraction of sp³-hybridized carbons (Fsp3) is 0. The second-order valence-corrected chi connectivity index (χ2v) is 5.55. The molecule has 0 atom stereocenters. The molecule has 0 spiro atoms. The van der Waals surface area contributed by atoms with Gasteiger partial charge in [-0.25, -0.2) is 14.4 Å². The summed E-state index contributed by atoms with van der Waals surface area (Å²) in [5.41, 5.74) is 4.89. The minimum Gasteiger partial charge on any atom is -0.264 e. The maximum atomic E-state index is 13.7. The zero-order valence-electron chi connectivity index (χ0n) is 13.7. The number of anilines is 1. The van der Waals surface area contributed by atoms with E-state index < -0.39 is 0 Å². The van der Waals surface area contributed by atoms with Crippen LogP contribution in [-0.4, -0.2) is 21.2 Å². The van der Waals surface area contributed by atoms with Crippen LogP contribution >= 0.6 is 0 Å². The molecule has 0 bridgehead atoms. The van der Waals surface area contributed by atoms with Gasteiger partial charge in [0.2, 0.25) is 0 Å². The number of pyridine rings is 1. The number of fused-ring (bicyclic) bond motifs is 1. The molecular formula is C20H14FN5. The lowest BCUT2D eigenvalue weighted by molar-refractivity contribution is 0.626. The number of hydrogen-bond donors (Lipinski definition) is 1. The zero-order chi connectivity index (χ0) is 17.8. The Morgan fingerprint density at radius 2 is 1.77 bits per heavy atom. The summed E-state index contributed by atoms with van der Waals surface area (Å²) in [6, 6.07) is 17.8. The molecule has 0 aliphatic rings. The molecule has 4 aromatic rings. The number of aromatic nitrogens is 3. The fourth-order valence-corrected chi connectivity index (χ4v) is 2.53. The Balaban J connectivity index is 1.73. The number of nitrogens with one attached hydrogen (secondary N) is 1. The molecule has 1 N–H and O–H groups in total. The van der Waals surface area contributed by atoms with E-state index in [1.165, 1.54) is 12.3 Å². The first-order valence-electron chi connectivity index (χ1n) is 8.02. The summed E-state index contributed by atoms with van der Waals surface area (Å²) in [5, 5.41) is 4.96. The summed E-state index contributed by atoms with van der Waals surface area (Å²) in [4.78, 5) is 13.2. The molecule has 26 heavy (non-hydrogen) atoms. The van der Waals surface area contributed by atoms with Crippen LogP contribution in [-0.2, 0) is 0 Å². The van der Waals surface area contributed by atoms with Gasteiger partial charge in [0.1, 0.15) is 5.82 Å². The molecule has 0 fully saturated rings. The van der Waals surface area contributed by atoms with Gasteiger partial charge >= 0.3 is 0 Å². The fourth-order valence-electron chi connectivity index (χ4n) is 2.53. The third-order valence-corrected chi connectivity index (χ3v) is 3.80. The minimum absolute atomic E-state index is 0.332. The van der Waals surface area contributed by atoms with Gasteiger partial charge in [0, 0.05) is 28.9 Å². The van der Waals surface area contributed by atoms with Crippen molar-refractivity contribution in [3.63, 3.8) is 0 Å². The molecule has 0 unspecified atom stereocenters. The lowest BCUT2D eigenvalue weighted by atomic mass is 10.2. The van der Waals surface area contributed by atoms with Crippen molar-refractivity contribution in [1.82, 2.24) is 15.0 Å². The van der Waals surface area contributed by atoms with Crippen LogP contribution in [0.1, 0.15) is 5.56 Å². The van der Waals surface area contributed by atoms with Crippen molar-refractivity contribution in [2.75, 3.05) is 5.43 Å². The summed E-state index contributed by atoms with van der Waals surface area (Å²) in [7, 11) is 0. The topological polar surface area (TPSA) is 63.1 Å². The van der Waals surface area contributed by atoms with Crippen LogP contribution < -0.4 is 5.43 Å². The van der Waals surface area contributed by atoms with Crippen molar-refractivity contribution in [2.24, 2.45) is 5.10 Å². The molecule has 0 saturated heterocycles. The molecular weight excluding hydrogens is 329 g/mol. The van der Waals surface area contributed by atoms with Crippen molar-refractivity contribution in [3.05, 3.63) is 84.4 Å². The Hall–Kier alpha value is -3.67. The van der Waals surface area contributed by atoms with Gasteiger partial charge in [-0.3, -0.25) is 10.4 Å². The number of hydrazone groups is 1. The number of halogens is 1. The van der Waals surface area contributed by atoms with Gasteiger partial charge in [0.05, 0.1) is 11.7 Å². The number of para-hydroxylation sites is 1. The Kier molecular flexibility index (Phi) is 4.30. The number of nitrogens with zero attached hydrogens (tertiary/aromatic N) is 4. The SMILES string of the molecule is Fc1ccccc1/C=N\Nc1nc(-c2cccnc2)nc2ccccc12. The second kappa shape index (κ2) is 7.06. The van der Waals surface area contributed by atoms with E-state index in [1.807, 2.05) is 36.4 Å². The maximum absolute atomic E-state index is 13.7. The van der Waals surface area contributed by atoms with Crippen LogP contribution in [0, 0.1) is 5.82 Å². The van der Waals surface area contributed by atoms with Crippen LogP contribution in [0.5, 0.6) is 0 Å². The third kappa shape index (κ3) is 3.25. The molecule has 2 heterocycles. The lowest BCUT2D eigenvalue weighted by Crippen LogP contribution is -2.00. The highest BCUT2D eigenvalue weighted by Crippen LogP contribution is 2.24. The van der Waals surface area contributed by atoms with Gasteiger partial charge < -0.3 is 0 Å². The summed E-state index contributed by atoms with van der Waals surface area (Å²) >= 11 is 0. The Morgan fingerprint density at radius 3 is 2.62 bits per heavy atom. The minimum atomic E-state index is -0.332. The van der Waals surface area contributed by atoms with E-state index in [9.17, 15) is 4.39 Å². The first kappa shape index (κ1) is 15.8. The van der Waals surface area contributed by atoms with Gasteiger partial charge in [-0.2, -0.15) is 5.10 Å². The number of rotatable bonds is 4. The largest absolute Gasteiger partial charge is 0.264 e. The van der Waals surface area contributed by atoms with E-state index >= 15 is 0 Å². The van der Waals surface area contributed by atoms with E-state index in [-0.39, 0.29) is 5.82 Å². The normalized spacial score (nSPS) is 11.1. The van der Waals surface area contributed by atoms with Crippen LogP contribution in [0.2, 0.25) is 0 Å². The molecule has 2 aromatic carbocycles. The van der Waals surface area contributed by atoms with Crippen molar-refractivity contribution in [1.29, 1.82) is 0 Å². The van der Waals surface area contributed by atoms with E-state index in [0.29, 0.717) is 17.2 Å². The van der Waals surface area contributed by atoms with Crippen LogP contribution in [0.3, 0.4) is 0 Å². The molecule has 0 aliphatic carbocycles. The van der Waals surface area contributed by atoms with Crippen LogP contribution in [0.15, 0.2) is 78.2 Å². The standard InChI is InChI=1S/C20H14FN5/c21-17-9-3-1-6-14(17)13-23-26-20-16-8-2-4-10-18(16)24-19(25-20)15-7-5-11-22-12-15/h1-13H,(H,24,25,26)/b23-13-. The quantitative estimate of drug-likeness (QED) is 0.444. The van der Waals surface area contributed by atoms with Crippen molar-refractivity contribution < 1.29 is 4.39 Å². The highest BCUT2D eigenvalue weighted by Gasteiger charge is 2.09. The van der Waals surface area contributed by atoms with Crippen LogP contribution in [0.4, 0.5) is 10.2 Å². The Labute approximate surface area is 149 Å². The molecule has 0 amide bonds. The number of benzene rings is 2. The number of hydrogen-bond acceptors (Lipinski definition) is 5. The van der Waals surface area contributed by atoms with Gasteiger partial charge in [-0.05, 0) is 30.3 Å². The predicted octanol–water partition coefficient (Wildman–Crippen LogP) is 4.28. The van der Waals surface area contributed by atoms with E-state index in [4.69, 9.17) is 0 Å². The van der Waals surface area contributed by atoms with Crippen molar-refractivity contribution in [3.8, 4) is 11.4 Å². The van der Waals surface area contributed by atoms with Crippen molar-refractivity contribution >= 4 is 22.9 Å². The average molecular weight is 343 g/mol. The van der Waals surface area contributed by atoms with Crippen molar-refractivity contribution in [2.45, 2.75) is 0 Å². The molecule has 2 aromatic heterocycles. The molecule has 126 valence electrons. The predicted molar refractivity (Wildman–Crippen MR) is 100 cm³/mol. The monoisotopic (exact) mass is 343 g/mol. The molecule has 4 rings (SSSR count). The first-order chi connectivity index (χ1) is 12.8. The highest BCUT2D eigenvalue weighted by atomic mass is 19.1. The molecule has 0 saturated carbocycles. The second-order valence-electron chi connectivity index (χ2n) is 5.55. The molecule has 0 radical (unpaired) electrons.